The second-order valence-electron chi connectivity index (χ2n) is 6.52. The van der Waals surface area contributed by atoms with E-state index < -0.39 is 0 Å². The van der Waals surface area contributed by atoms with Gasteiger partial charge >= 0.3 is 5.97 Å². The molecule has 2 aliphatic rings. The summed E-state index contributed by atoms with van der Waals surface area (Å²) < 4.78 is 10.6. The molecule has 2 atom stereocenters. The summed E-state index contributed by atoms with van der Waals surface area (Å²) >= 11 is 7.02. The molecule has 1 saturated heterocycles. The normalized spacial score (nSPS) is 22.8. The van der Waals surface area contributed by atoms with Crippen LogP contribution in [-0.4, -0.2) is 37.4 Å². The smallest absolute Gasteiger partial charge is 0.341 e. The average Bonchev–Trinajstić information content (AvgIpc) is 3.19. The first-order chi connectivity index (χ1) is 11.6. The van der Waals surface area contributed by atoms with E-state index in [9.17, 15) is 4.79 Å². The molecule has 0 spiro atoms. The van der Waals surface area contributed by atoms with Gasteiger partial charge in [-0.15, -0.1) is 11.3 Å². The number of nitrogens with one attached hydrogen (secondary N) is 2. The fraction of sp³-hybridized carbons (Fsp3) is 0.647. The highest BCUT2D eigenvalue weighted by Gasteiger charge is 2.28. The summed E-state index contributed by atoms with van der Waals surface area (Å²) in [5, 5.41) is 7.73. The fourth-order valence-corrected chi connectivity index (χ4v) is 4.97. The Hall–Kier alpha value is -1.18. The van der Waals surface area contributed by atoms with Gasteiger partial charge in [0.2, 0.25) is 0 Å². The minimum Gasteiger partial charge on any atom is -0.465 e. The largest absolute Gasteiger partial charge is 0.465 e. The van der Waals surface area contributed by atoms with E-state index in [1.165, 1.54) is 12.0 Å². The molecule has 1 aromatic heterocycles. The predicted octanol–water partition coefficient (Wildman–Crippen LogP) is 3.12. The molecule has 2 heterocycles. The van der Waals surface area contributed by atoms with E-state index >= 15 is 0 Å². The van der Waals surface area contributed by atoms with Gasteiger partial charge in [-0.2, -0.15) is 0 Å². The maximum absolute atomic E-state index is 12.3. The highest BCUT2D eigenvalue weighted by Crippen LogP contribution is 2.39. The number of hydrogen-bond donors (Lipinski definition) is 2. The topological polar surface area (TPSA) is 59.6 Å². The molecule has 1 aliphatic carbocycles. The van der Waals surface area contributed by atoms with Crippen LogP contribution in [0.2, 0.25) is 0 Å². The Morgan fingerprint density at radius 1 is 1.46 bits per heavy atom. The van der Waals surface area contributed by atoms with Crippen molar-refractivity contribution in [3.63, 3.8) is 0 Å². The number of hydrogen-bond acceptors (Lipinski definition) is 5. The van der Waals surface area contributed by atoms with E-state index in [4.69, 9.17) is 21.7 Å². The van der Waals surface area contributed by atoms with Crippen LogP contribution in [0.4, 0.5) is 5.00 Å². The molecular weight excluding hydrogens is 344 g/mol. The minimum atomic E-state index is -0.286. The van der Waals surface area contributed by atoms with Crippen LogP contribution in [0.1, 0.15) is 47.0 Å². The van der Waals surface area contributed by atoms with Crippen molar-refractivity contribution in [3.05, 3.63) is 16.0 Å². The number of rotatable bonds is 4. The third-order valence-electron chi connectivity index (χ3n) is 4.64. The van der Waals surface area contributed by atoms with Gasteiger partial charge in [0, 0.05) is 18.0 Å². The molecule has 3 rings (SSSR count). The number of fused-ring (bicyclic) bond motifs is 1. The number of thiocarbonyl (C=S) groups is 1. The van der Waals surface area contributed by atoms with Crippen LogP contribution >= 0.6 is 23.6 Å². The molecule has 24 heavy (non-hydrogen) atoms. The lowest BCUT2D eigenvalue weighted by atomic mass is 9.88. The molecule has 0 bridgehead atoms. The van der Waals surface area contributed by atoms with Crippen molar-refractivity contribution in [2.24, 2.45) is 5.92 Å². The van der Waals surface area contributed by atoms with Crippen molar-refractivity contribution in [2.45, 2.75) is 45.1 Å². The van der Waals surface area contributed by atoms with Crippen molar-refractivity contribution in [1.82, 2.24) is 5.32 Å². The highest BCUT2D eigenvalue weighted by molar-refractivity contribution is 7.80. The van der Waals surface area contributed by atoms with Gasteiger partial charge in [0.15, 0.2) is 5.11 Å². The molecule has 0 saturated carbocycles. The van der Waals surface area contributed by atoms with Crippen LogP contribution in [0, 0.1) is 5.92 Å². The summed E-state index contributed by atoms with van der Waals surface area (Å²) in [6, 6.07) is 0. The van der Waals surface area contributed by atoms with Crippen LogP contribution in [-0.2, 0) is 22.3 Å². The van der Waals surface area contributed by atoms with Gasteiger partial charge in [-0.1, -0.05) is 6.92 Å². The third kappa shape index (κ3) is 3.90. The number of anilines is 1. The molecule has 1 aliphatic heterocycles. The van der Waals surface area contributed by atoms with Gasteiger partial charge in [0.1, 0.15) is 5.00 Å². The maximum atomic E-state index is 12.3. The van der Waals surface area contributed by atoms with Crippen molar-refractivity contribution in [1.29, 1.82) is 0 Å². The Balaban J connectivity index is 1.71. The number of carbonyl (C=O) groups excluding carboxylic acids is 1. The van der Waals surface area contributed by atoms with Gasteiger partial charge in [-0.25, -0.2) is 4.79 Å². The molecule has 5 nitrogen and oxygen atoms in total. The number of ether oxygens (including phenoxy) is 2. The van der Waals surface area contributed by atoms with Crippen LogP contribution in [0.5, 0.6) is 0 Å². The first-order valence-electron chi connectivity index (χ1n) is 8.47. The molecule has 2 unspecified atom stereocenters. The quantitative estimate of drug-likeness (QED) is 0.629. The van der Waals surface area contributed by atoms with Crippen LogP contribution < -0.4 is 10.6 Å². The van der Waals surface area contributed by atoms with Crippen molar-refractivity contribution >= 4 is 39.6 Å². The van der Waals surface area contributed by atoms with Gasteiger partial charge < -0.3 is 20.1 Å². The van der Waals surface area contributed by atoms with Crippen LogP contribution in [0.3, 0.4) is 0 Å². The van der Waals surface area contributed by atoms with E-state index in [1.807, 2.05) is 0 Å². The zero-order chi connectivity index (χ0) is 17.1. The lowest BCUT2D eigenvalue weighted by Crippen LogP contribution is -2.35. The summed E-state index contributed by atoms with van der Waals surface area (Å²) in [5.41, 5.74) is 1.79. The lowest BCUT2D eigenvalue weighted by molar-refractivity contribution is 0.0601. The second-order valence-corrected chi connectivity index (χ2v) is 8.03. The molecule has 0 aromatic carbocycles. The monoisotopic (exact) mass is 368 g/mol. The zero-order valence-corrected chi connectivity index (χ0v) is 15.8. The summed E-state index contributed by atoms with van der Waals surface area (Å²) in [7, 11) is 1.43. The fourth-order valence-electron chi connectivity index (χ4n) is 3.32. The molecule has 7 heteroatoms. The zero-order valence-electron chi connectivity index (χ0n) is 14.1. The Bertz CT molecular complexity index is 624. The molecule has 0 radical (unpaired) electrons. The van der Waals surface area contributed by atoms with Gasteiger partial charge in [-0.3, -0.25) is 0 Å². The van der Waals surface area contributed by atoms with Crippen molar-refractivity contribution in [3.8, 4) is 0 Å². The highest BCUT2D eigenvalue weighted by atomic mass is 32.1. The number of methoxy groups -OCH3 is 1. The van der Waals surface area contributed by atoms with E-state index in [1.54, 1.807) is 11.3 Å². The van der Waals surface area contributed by atoms with Crippen LogP contribution in [0.15, 0.2) is 0 Å². The predicted molar refractivity (Wildman–Crippen MR) is 100 cm³/mol. The van der Waals surface area contributed by atoms with E-state index in [0.29, 0.717) is 23.1 Å². The number of carbonyl (C=O) groups is 1. The van der Waals surface area contributed by atoms with E-state index in [0.717, 1.165) is 49.3 Å². The molecule has 132 valence electrons. The third-order valence-corrected chi connectivity index (χ3v) is 6.06. The summed E-state index contributed by atoms with van der Waals surface area (Å²) in [4.78, 5) is 13.5. The Morgan fingerprint density at radius 2 is 2.29 bits per heavy atom. The lowest BCUT2D eigenvalue weighted by Gasteiger charge is -2.18. The number of thiophene rings is 1. The molecule has 1 aromatic rings. The number of esters is 1. The Labute approximate surface area is 152 Å². The van der Waals surface area contributed by atoms with Gasteiger partial charge in [0.25, 0.3) is 0 Å². The SMILES string of the molecule is COC(=O)c1c(NC(=S)NCC2CCCO2)sc2c1CCC(C)C2. The first-order valence-corrected chi connectivity index (χ1v) is 9.70. The van der Waals surface area contributed by atoms with Gasteiger partial charge in [-0.05, 0) is 55.8 Å². The van der Waals surface area contributed by atoms with E-state index in [-0.39, 0.29) is 12.1 Å². The first kappa shape index (κ1) is 17.6. The summed E-state index contributed by atoms with van der Waals surface area (Å²) in [5.74, 6) is 0.366. The van der Waals surface area contributed by atoms with Crippen LogP contribution in [0.25, 0.3) is 0 Å². The summed E-state index contributed by atoms with van der Waals surface area (Å²) in [6.07, 6.45) is 5.44. The Kier molecular flexibility index (Phi) is 5.73. The molecular formula is C17H24N2O3S2. The molecule has 0 amide bonds. The second kappa shape index (κ2) is 7.80. The maximum Gasteiger partial charge on any atom is 0.341 e. The van der Waals surface area contributed by atoms with Crippen molar-refractivity contribution in [2.75, 3.05) is 25.6 Å². The van der Waals surface area contributed by atoms with Crippen molar-refractivity contribution < 1.29 is 14.3 Å². The van der Waals surface area contributed by atoms with Gasteiger partial charge in [0.05, 0.1) is 18.8 Å². The minimum absolute atomic E-state index is 0.224. The molecule has 1 fully saturated rings. The molecule has 2 N–H and O–H groups in total. The standard InChI is InChI=1S/C17H24N2O3S2/c1-10-5-6-12-13(8-10)24-15(14(12)16(20)21-2)19-17(23)18-9-11-4-3-7-22-11/h10-11H,3-9H2,1-2H3,(H2,18,19,23). The Morgan fingerprint density at radius 3 is 3.00 bits per heavy atom. The average molecular weight is 369 g/mol. The van der Waals surface area contributed by atoms with E-state index in [2.05, 4.69) is 17.6 Å². The summed E-state index contributed by atoms with van der Waals surface area (Å²) in [6.45, 7) is 3.78.